The molecule has 0 spiro atoms. The summed E-state index contributed by atoms with van der Waals surface area (Å²) in [6, 6.07) is 1.35. The molecule has 1 aromatic heterocycles. The van der Waals surface area contributed by atoms with Crippen LogP contribution >= 0.6 is 15.9 Å². The molecular formula is C11H12BrN3O2. The summed E-state index contributed by atoms with van der Waals surface area (Å²) in [6.45, 7) is 8.35. The summed E-state index contributed by atoms with van der Waals surface area (Å²) in [7, 11) is 0. The average molecular weight is 298 g/mol. The fourth-order valence-electron chi connectivity index (χ4n) is 1.20. The van der Waals surface area contributed by atoms with Crippen molar-refractivity contribution in [3.05, 3.63) is 41.7 Å². The fraction of sp³-hybridized carbons (Fsp3) is 0.182. The van der Waals surface area contributed by atoms with Gasteiger partial charge in [0.2, 0.25) is 5.95 Å². The highest BCUT2D eigenvalue weighted by Gasteiger charge is 2.12. The lowest BCUT2D eigenvalue weighted by molar-refractivity contribution is 0.0690. The first-order valence-electron chi connectivity index (χ1n) is 4.80. The van der Waals surface area contributed by atoms with Crippen LogP contribution in [0.25, 0.3) is 0 Å². The summed E-state index contributed by atoms with van der Waals surface area (Å²) >= 11 is 3.25. The van der Waals surface area contributed by atoms with Gasteiger partial charge in [-0.2, -0.15) is 0 Å². The third-order valence-electron chi connectivity index (χ3n) is 1.86. The lowest BCUT2D eigenvalue weighted by atomic mass is 10.4. The van der Waals surface area contributed by atoms with Crippen LogP contribution in [-0.4, -0.2) is 34.1 Å². The van der Waals surface area contributed by atoms with Gasteiger partial charge in [-0.05, 0) is 6.07 Å². The topological polar surface area (TPSA) is 66.3 Å². The van der Waals surface area contributed by atoms with Crippen LogP contribution in [-0.2, 0) is 0 Å². The highest BCUT2D eigenvalue weighted by Crippen LogP contribution is 2.12. The van der Waals surface area contributed by atoms with Gasteiger partial charge in [0.1, 0.15) is 0 Å². The number of nitrogens with zero attached hydrogens (tertiary/aromatic N) is 3. The fourth-order valence-corrected chi connectivity index (χ4v) is 1.50. The number of aromatic carboxylic acids is 1. The standard InChI is InChI=1S/C11H12BrN3O2/c1-3-6-15(7-8(2)12)11-13-5-4-9(14-11)10(16)17/h3-5H,1-2,6-7H2,(H,16,17). The van der Waals surface area contributed by atoms with Gasteiger partial charge in [-0.1, -0.05) is 28.6 Å². The van der Waals surface area contributed by atoms with Gasteiger partial charge in [0.25, 0.3) is 0 Å². The van der Waals surface area contributed by atoms with E-state index in [4.69, 9.17) is 5.11 Å². The number of aromatic nitrogens is 2. The van der Waals surface area contributed by atoms with Crippen LogP contribution in [0.5, 0.6) is 0 Å². The lowest BCUT2D eigenvalue weighted by Crippen LogP contribution is -2.27. The van der Waals surface area contributed by atoms with Gasteiger partial charge < -0.3 is 10.0 Å². The maximum Gasteiger partial charge on any atom is 0.354 e. The third-order valence-corrected chi connectivity index (χ3v) is 2.11. The van der Waals surface area contributed by atoms with Crippen molar-refractivity contribution >= 4 is 27.8 Å². The highest BCUT2D eigenvalue weighted by molar-refractivity contribution is 9.11. The first kappa shape index (κ1) is 13.4. The SMILES string of the molecule is C=CCN(CC(=C)Br)c1nccc(C(=O)O)n1. The van der Waals surface area contributed by atoms with E-state index in [1.807, 2.05) is 0 Å². The largest absolute Gasteiger partial charge is 0.477 e. The Bertz CT molecular complexity index is 448. The molecule has 17 heavy (non-hydrogen) atoms. The van der Waals surface area contributed by atoms with E-state index in [2.05, 4.69) is 39.1 Å². The Morgan fingerprint density at radius 1 is 1.65 bits per heavy atom. The molecule has 0 saturated heterocycles. The molecule has 1 N–H and O–H groups in total. The van der Waals surface area contributed by atoms with Crippen LogP contribution in [0, 0.1) is 0 Å². The quantitative estimate of drug-likeness (QED) is 0.814. The van der Waals surface area contributed by atoms with Gasteiger partial charge in [-0.25, -0.2) is 14.8 Å². The van der Waals surface area contributed by atoms with Gasteiger partial charge in [0.05, 0.1) is 6.54 Å². The van der Waals surface area contributed by atoms with Crippen LogP contribution in [0.3, 0.4) is 0 Å². The van der Waals surface area contributed by atoms with Crippen molar-refractivity contribution < 1.29 is 9.90 Å². The van der Waals surface area contributed by atoms with Crippen LogP contribution in [0.15, 0.2) is 36.0 Å². The molecule has 1 aromatic rings. The number of halogens is 1. The molecule has 0 radical (unpaired) electrons. The predicted octanol–water partition coefficient (Wildman–Crippen LogP) is 2.08. The number of carboxylic acids is 1. The van der Waals surface area contributed by atoms with E-state index in [-0.39, 0.29) is 5.69 Å². The second kappa shape index (κ2) is 6.15. The number of hydrogen-bond donors (Lipinski definition) is 1. The van der Waals surface area contributed by atoms with Crippen LogP contribution in [0.4, 0.5) is 5.95 Å². The first-order valence-corrected chi connectivity index (χ1v) is 5.59. The molecule has 0 aliphatic carbocycles. The monoisotopic (exact) mass is 297 g/mol. The molecule has 90 valence electrons. The van der Waals surface area contributed by atoms with Crippen LogP contribution in [0.2, 0.25) is 0 Å². The van der Waals surface area contributed by atoms with E-state index in [0.29, 0.717) is 19.0 Å². The Balaban J connectivity index is 3.00. The van der Waals surface area contributed by atoms with Crippen molar-refractivity contribution in [2.75, 3.05) is 18.0 Å². The second-order valence-corrected chi connectivity index (χ2v) is 4.35. The molecule has 0 fully saturated rings. The molecule has 1 heterocycles. The van der Waals surface area contributed by atoms with Gasteiger partial charge in [0.15, 0.2) is 5.69 Å². The smallest absolute Gasteiger partial charge is 0.354 e. The van der Waals surface area contributed by atoms with Crippen molar-refractivity contribution in [2.24, 2.45) is 0 Å². The van der Waals surface area contributed by atoms with Crippen molar-refractivity contribution in [1.29, 1.82) is 0 Å². The van der Waals surface area contributed by atoms with E-state index in [0.717, 1.165) is 4.48 Å². The molecule has 0 aliphatic rings. The predicted molar refractivity (Wildman–Crippen MR) is 69.5 cm³/mol. The summed E-state index contributed by atoms with van der Waals surface area (Å²) in [5.74, 6) is -0.740. The van der Waals surface area contributed by atoms with Gasteiger partial charge >= 0.3 is 5.97 Å². The zero-order valence-electron chi connectivity index (χ0n) is 9.14. The second-order valence-electron chi connectivity index (χ2n) is 3.23. The Kier molecular flexibility index (Phi) is 4.84. The molecule has 0 aromatic carbocycles. The molecule has 1 rings (SSSR count). The molecule has 0 amide bonds. The Hall–Kier alpha value is -1.69. The number of anilines is 1. The van der Waals surface area contributed by atoms with Crippen molar-refractivity contribution in [3.8, 4) is 0 Å². The molecule has 0 saturated carbocycles. The summed E-state index contributed by atoms with van der Waals surface area (Å²) < 4.78 is 0.753. The molecule has 0 bridgehead atoms. The van der Waals surface area contributed by atoms with E-state index >= 15 is 0 Å². The maximum absolute atomic E-state index is 10.8. The first-order chi connectivity index (χ1) is 8.04. The zero-order valence-corrected chi connectivity index (χ0v) is 10.7. The van der Waals surface area contributed by atoms with Gasteiger partial charge in [0, 0.05) is 17.2 Å². The van der Waals surface area contributed by atoms with E-state index in [9.17, 15) is 4.79 Å². The van der Waals surface area contributed by atoms with E-state index in [1.165, 1.54) is 12.3 Å². The Labute approximate surface area is 108 Å². The minimum absolute atomic E-state index is 0.0377. The third kappa shape index (κ3) is 3.99. The lowest BCUT2D eigenvalue weighted by Gasteiger charge is -2.20. The van der Waals surface area contributed by atoms with Crippen LogP contribution in [0.1, 0.15) is 10.5 Å². The van der Waals surface area contributed by atoms with Gasteiger partial charge in [-0.3, -0.25) is 0 Å². The normalized spacial score (nSPS) is 9.71. The van der Waals surface area contributed by atoms with E-state index < -0.39 is 5.97 Å². The molecule has 0 atom stereocenters. The number of hydrogen-bond acceptors (Lipinski definition) is 4. The summed E-state index contributed by atoms with van der Waals surface area (Å²) in [6.07, 6.45) is 3.10. The maximum atomic E-state index is 10.8. The summed E-state index contributed by atoms with van der Waals surface area (Å²) in [5, 5.41) is 8.85. The van der Waals surface area contributed by atoms with Crippen molar-refractivity contribution in [3.63, 3.8) is 0 Å². The van der Waals surface area contributed by atoms with E-state index in [1.54, 1.807) is 11.0 Å². The molecule has 5 nitrogen and oxygen atoms in total. The van der Waals surface area contributed by atoms with Gasteiger partial charge in [-0.15, -0.1) is 6.58 Å². The molecule has 0 unspecified atom stereocenters. The Morgan fingerprint density at radius 3 is 2.88 bits per heavy atom. The summed E-state index contributed by atoms with van der Waals surface area (Å²) in [5.41, 5.74) is -0.0377. The molecule has 0 aliphatic heterocycles. The Morgan fingerprint density at radius 2 is 2.35 bits per heavy atom. The number of carboxylic acid groups (broad SMARTS) is 1. The number of carbonyl (C=O) groups is 1. The van der Waals surface area contributed by atoms with Crippen LogP contribution < -0.4 is 4.90 Å². The minimum Gasteiger partial charge on any atom is -0.477 e. The minimum atomic E-state index is -1.08. The summed E-state index contributed by atoms with van der Waals surface area (Å²) in [4.78, 5) is 20.5. The highest BCUT2D eigenvalue weighted by atomic mass is 79.9. The number of rotatable bonds is 6. The average Bonchev–Trinajstić information content (AvgIpc) is 2.28. The zero-order chi connectivity index (χ0) is 12.8. The molecular weight excluding hydrogens is 286 g/mol. The van der Waals surface area contributed by atoms with Crippen molar-refractivity contribution in [1.82, 2.24) is 9.97 Å². The van der Waals surface area contributed by atoms with Crippen molar-refractivity contribution in [2.45, 2.75) is 0 Å². The molecule has 6 heteroatoms.